The number of nitrogens with zero attached hydrogens (tertiary/aromatic N) is 2. The zero-order valence-electron chi connectivity index (χ0n) is 20.4. The summed E-state index contributed by atoms with van der Waals surface area (Å²) in [5, 5.41) is 2.53. The second-order valence-electron chi connectivity index (χ2n) is 9.40. The van der Waals surface area contributed by atoms with Gasteiger partial charge in [-0.2, -0.15) is 0 Å². The van der Waals surface area contributed by atoms with Crippen molar-refractivity contribution in [2.75, 3.05) is 4.90 Å². The molecule has 0 aliphatic heterocycles. The number of anilines is 3. The van der Waals surface area contributed by atoms with Gasteiger partial charge in [-0.15, -0.1) is 0 Å². The smallest absolute Gasteiger partial charge is 0.0542 e. The first kappa shape index (κ1) is 21.2. The van der Waals surface area contributed by atoms with Gasteiger partial charge >= 0.3 is 0 Å². The summed E-state index contributed by atoms with van der Waals surface area (Å²) >= 11 is 0. The number of para-hydroxylation sites is 1. The second kappa shape index (κ2) is 8.48. The molecule has 6 rings (SSSR count). The zero-order chi connectivity index (χ0) is 23.9. The molecule has 1 heterocycles. The molecule has 0 N–H and O–H groups in total. The molecule has 0 aliphatic rings. The van der Waals surface area contributed by atoms with Crippen molar-refractivity contribution in [3.05, 3.63) is 132 Å². The minimum Gasteiger partial charge on any atom is -0.310 e. The number of hydrogen-bond donors (Lipinski definition) is 0. The lowest BCUT2D eigenvalue weighted by molar-refractivity contribution is 1.18. The molecule has 0 unspecified atom stereocenters. The fourth-order valence-electron chi connectivity index (χ4n) is 4.95. The van der Waals surface area contributed by atoms with Gasteiger partial charge < -0.3 is 9.47 Å². The highest BCUT2D eigenvalue weighted by Gasteiger charge is 2.17. The predicted octanol–water partition coefficient (Wildman–Crippen LogP) is 9.18. The van der Waals surface area contributed by atoms with Crippen molar-refractivity contribution in [3.8, 4) is 5.69 Å². The Morgan fingerprint density at radius 1 is 0.457 bits per heavy atom. The van der Waals surface area contributed by atoms with Crippen LogP contribution in [0.3, 0.4) is 0 Å². The molecule has 2 heteroatoms. The highest BCUT2D eigenvalue weighted by atomic mass is 15.1. The van der Waals surface area contributed by atoms with Gasteiger partial charge in [0.15, 0.2) is 0 Å². The molecule has 35 heavy (non-hydrogen) atoms. The predicted molar refractivity (Wildman–Crippen MR) is 150 cm³/mol. The van der Waals surface area contributed by atoms with Gasteiger partial charge in [0.05, 0.1) is 11.0 Å². The van der Waals surface area contributed by atoms with Gasteiger partial charge in [0, 0.05) is 33.5 Å². The molecule has 0 atom stereocenters. The van der Waals surface area contributed by atoms with Crippen LogP contribution in [0.2, 0.25) is 0 Å². The van der Waals surface area contributed by atoms with Crippen LogP contribution in [0.4, 0.5) is 17.1 Å². The van der Waals surface area contributed by atoms with E-state index < -0.39 is 0 Å². The number of benzene rings is 5. The van der Waals surface area contributed by atoms with Gasteiger partial charge in [0.25, 0.3) is 0 Å². The first-order valence-corrected chi connectivity index (χ1v) is 12.1. The quantitative estimate of drug-likeness (QED) is 0.259. The maximum absolute atomic E-state index is 2.37. The third kappa shape index (κ3) is 3.77. The van der Waals surface area contributed by atoms with Crippen molar-refractivity contribution < 1.29 is 0 Å². The Hall–Kier alpha value is -4.30. The minimum absolute atomic E-state index is 1.15. The van der Waals surface area contributed by atoms with E-state index in [4.69, 9.17) is 0 Å². The van der Waals surface area contributed by atoms with Crippen LogP contribution < -0.4 is 4.90 Å². The average Bonchev–Trinajstić information content (AvgIpc) is 3.20. The third-order valence-electron chi connectivity index (χ3n) is 6.76. The van der Waals surface area contributed by atoms with Crippen LogP contribution in [0.25, 0.3) is 27.5 Å². The summed E-state index contributed by atoms with van der Waals surface area (Å²) in [5.41, 5.74) is 10.9. The number of rotatable bonds is 4. The van der Waals surface area contributed by atoms with Gasteiger partial charge in [-0.25, -0.2) is 0 Å². The number of aryl methyl sites for hydroxylation is 3. The number of hydrogen-bond acceptors (Lipinski definition) is 1. The Morgan fingerprint density at radius 2 is 0.943 bits per heavy atom. The maximum Gasteiger partial charge on any atom is 0.0542 e. The summed E-state index contributed by atoms with van der Waals surface area (Å²) < 4.78 is 2.37. The van der Waals surface area contributed by atoms with E-state index in [1.54, 1.807) is 0 Å². The van der Waals surface area contributed by atoms with Crippen LogP contribution in [0.5, 0.6) is 0 Å². The first-order valence-electron chi connectivity index (χ1n) is 12.1. The Labute approximate surface area is 206 Å². The molecule has 0 radical (unpaired) electrons. The van der Waals surface area contributed by atoms with E-state index in [0.29, 0.717) is 0 Å². The Kier molecular flexibility index (Phi) is 5.15. The largest absolute Gasteiger partial charge is 0.310 e. The maximum atomic E-state index is 2.37. The molecule has 0 bridgehead atoms. The molecular formula is C33H28N2. The lowest BCUT2D eigenvalue weighted by Gasteiger charge is -2.26. The Balaban J connectivity index is 1.62. The van der Waals surface area contributed by atoms with E-state index in [1.807, 2.05) is 0 Å². The lowest BCUT2D eigenvalue weighted by atomic mass is 10.1. The summed E-state index contributed by atoms with van der Waals surface area (Å²) in [4.78, 5) is 2.35. The first-order chi connectivity index (χ1) is 17.1. The summed E-state index contributed by atoms with van der Waals surface area (Å²) in [7, 11) is 0. The van der Waals surface area contributed by atoms with E-state index in [0.717, 1.165) is 17.1 Å². The van der Waals surface area contributed by atoms with Gasteiger partial charge in [-0.3, -0.25) is 0 Å². The topological polar surface area (TPSA) is 8.17 Å². The van der Waals surface area contributed by atoms with Crippen LogP contribution in [0.1, 0.15) is 16.7 Å². The van der Waals surface area contributed by atoms with Crippen molar-refractivity contribution in [1.29, 1.82) is 0 Å². The molecule has 0 aliphatic carbocycles. The fraction of sp³-hybridized carbons (Fsp3) is 0.0909. The normalized spacial score (nSPS) is 11.3. The molecular weight excluding hydrogens is 424 g/mol. The number of aromatic nitrogens is 1. The molecule has 0 saturated heterocycles. The molecule has 6 aromatic rings. The van der Waals surface area contributed by atoms with Crippen LogP contribution in [0, 0.1) is 20.8 Å². The summed E-state index contributed by atoms with van der Waals surface area (Å²) in [6, 6.07) is 41.8. The van der Waals surface area contributed by atoms with Crippen molar-refractivity contribution in [2.45, 2.75) is 20.8 Å². The van der Waals surface area contributed by atoms with Crippen molar-refractivity contribution in [1.82, 2.24) is 4.57 Å². The highest BCUT2D eigenvalue weighted by Crippen LogP contribution is 2.39. The fourth-order valence-corrected chi connectivity index (χ4v) is 4.95. The SMILES string of the molecule is Cc1ccc(N(c2ccc(C)cc2)c2ccc3c(c2)c2cc(C)ccc2n3-c2ccccc2)cc1. The molecule has 0 saturated carbocycles. The lowest BCUT2D eigenvalue weighted by Crippen LogP contribution is -2.09. The van der Waals surface area contributed by atoms with E-state index >= 15 is 0 Å². The van der Waals surface area contributed by atoms with Gasteiger partial charge in [-0.1, -0.05) is 65.2 Å². The second-order valence-corrected chi connectivity index (χ2v) is 9.40. The molecule has 0 spiro atoms. The summed E-state index contributed by atoms with van der Waals surface area (Å²) in [5.74, 6) is 0. The van der Waals surface area contributed by atoms with Gasteiger partial charge in [-0.05, 0) is 87.5 Å². The van der Waals surface area contributed by atoms with Crippen molar-refractivity contribution in [3.63, 3.8) is 0 Å². The van der Waals surface area contributed by atoms with Crippen molar-refractivity contribution in [2.24, 2.45) is 0 Å². The highest BCUT2D eigenvalue weighted by molar-refractivity contribution is 6.11. The molecule has 0 fully saturated rings. The average molecular weight is 453 g/mol. The van der Waals surface area contributed by atoms with Crippen LogP contribution >= 0.6 is 0 Å². The zero-order valence-corrected chi connectivity index (χ0v) is 20.4. The van der Waals surface area contributed by atoms with Crippen LogP contribution in [-0.2, 0) is 0 Å². The summed E-state index contributed by atoms with van der Waals surface area (Å²) in [6.07, 6.45) is 0. The monoisotopic (exact) mass is 452 g/mol. The molecule has 1 aromatic heterocycles. The minimum atomic E-state index is 1.15. The Bertz CT molecular complexity index is 1590. The molecule has 2 nitrogen and oxygen atoms in total. The van der Waals surface area contributed by atoms with E-state index in [-0.39, 0.29) is 0 Å². The van der Waals surface area contributed by atoms with E-state index in [2.05, 4.69) is 145 Å². The van der Waals surface area contributed by atoms with Crippen LogP contribution in [-0.4, -0.2) is 4.57 Å². The number of fused-ring (bicyclic) bond motifs is 3. The molecule has 170 valence electrons. The van der Waals surface area contributed by atoms with Gasteiger partial charge in [0.2, 0.25) is 0 Å². The van der Waals surface area contributed by atoms with Gasteiger partial charge in [0.1, 0.15) is 0 Å². The molecule has 5 aromatic carbocycles. The molecule has 0 amide bonds. The third-order valence-corrected chi connectivity index (χ3v) is 6.76. The summed E-state index contributed by atoms with van der Waals surface area (Å²) in [6.45, 7) is 6.43. The van der Waals surface area contributed by atoms with E-state index in [1.165, 1.54) is 44.2 Å². The standard InChI is InChI=1S/C33H28N2/c1-23-9-14-27(15-10-23)34(28-16-11-24(2)12-17-28)29-18-20-33-31(22-29)30-21-25(3)13-19-32(30)35(33)26-7-5-4-6-8-26/h4-22H,1-3H3. The van der Waals surface area contributed by atoms with Crippen LogP contribution in [0.15, 0.2) is 115 Å². The van der Waals surface area contributed by atoms with Crippen molar-refractivity contribution >= 4 is 38.9 Å². The Morgan fingerprint density at radius 3 is 1.54 bits per heavy atom. The van der Waals surface area contributed by atoms with E-state index in [9.17, 15) is 0 Å².